The van der Waals surface area contributed by atoms with Crippen LogP contribution in [0.1, 0.15) is 38.8 Å². The highest BCUT2D eigenvalue weighted by molar-refractivity contribution is 5.65. The maximum absolute atomic E-state index is 9.10. The minimum atomic E-state index is 0.144. The molecular formula is C18H21N3. The lowest BCUT2D eigenvalue weighted by Crippen LogP contribution is -2.10. The van der Waals surface area contributed by atoms with Crippen LogP contribution in [0.2, 0.25) is 0 Å². The largest absolute Gasteiger partial charge is 0.369 e. The van der Waals surface area contributed by atoms with Gasteiger partial charge in [-0.15, -0.1) is 0 Å². The summed E-state index contributed by atoms with van der Waals surface area (Å²) < 4.78 is 0. The molecule has 0 radical (unpaired) electrons. The van der Waals surface area contributed by atoms with E-state index in [0.29, 0.717) is 11.4 Å². The molecule has 3 nitrogen and oxygen atoms in total. The van der Waals surface area contributed by atoms with Gasteiger partial charge in [0.05, 0.1) is 11.3 Å². The molecule has 2 aromatic rings. The summed E-state index contributed by atoms with van der Waals surface area (Å²) in [5.74, 6) is 0.650. The first-order valence-electron chi connectivity index (χ1n) is 7.21. The molecule has 1 N–H and O–H groups in total. The monoisotopic (exact) mass is 279 g/mol. The van der Waals surface area contributed by atoms with Gasteiger partial charge in [0.15, 0.2) is 0 Å². The van der Waals surface area contributed by atoms with Gasteiger partial charge in [0.2, 0.25) is 0 Å². The van der Waals surface area contributed by atoms with E-state index in [1.54, 1.807) is 0 Å². The van der Waals surface area contributed by atoms with Crippen LogP contribution in [0.5, 0.6) is 0 Å². The third-order valence-corrected chi connectivity index (χ3v) is 3.41. The van der Waals surface area contributed by atoms with Gasteiger partial charge in [-0.05, 0) is 30.0 Å². The molecule has 0 fully saturated rings. The summed E-state index contributed by atoms with van der Waals surface area (Å²) in [7, 11) is 0. The molecule has 1 aromatic carbocycles. The van der Waals surface area contributed by atoms with E-state index in [1.807, 2.05) is 19.1 Å². The van der Waals surface area contributed by atoms with Gasteiger partial charge in [0.25, 0.3) is 0 Å². The van der Waals surface area contributed by atoms with Crippen molar-refractivity contribution in [3.05, 3.63) is 47.5 Å². The highest BCUT2D eigenvalue weighted by atomic mass is 15.0. The second-order valence-electron chi connectivity index (χ2n) is 6.06. The molecule has 0 aliphatic carbocycles. The Labute approximate surface area is 126 Å². The number of anilines is 1. The van der Waals surface area contributed by atoms with Crippen LogP contribution in [0.25, 0.3) is 11.3 Å². The summed E-state index contributed by atoms with van der Waals surface area (Å²) in [4.78, 5) is 4.56. The molecule has 3 heteroatoms. The Morgan fingerprint density at radius 2 is 1.76 bits per heavy atom. The molecule has 21 heavy (non-hydrogen) atoms. The minimum Gasteiger partial charge on any atom is -0.369 e. The van der Waals surface area contributed by atoms with E-state index in [4.69, 9.17) is 5.26 Å². The van der Waals surface area contributed by atoms with Crippen LogP contribution in [0, 0.1) is 11.3 Å². The number of nitrogens with one attached hydrogen (secondary N) is 1. The van der Waals surface area contributed by atoms with Crippen molar-refractivity contribution in [3.63, 3.8) is 0 Å². The Kier molecular flexibility index (Phi) is 4.28. The van der Waals surface area contributed by atoms with E-state index in [-0.39, 0.29) is 5.41 Å². The van der Waals surface area contributed by atoms with E-state index in [2.05, 4.69) is 61.4 Å². The quantitative estimate of drug-likeness (QED) is 0.908. The highest BCUT2D eigenvalue weighted by Crippen LogP contribution is 2.26. The number of nitriles is 1. The van der Waals surface area contributed by atoms with Crippen LogP contribution < -0.4 is 5.32 Å². The van der Waals surface area contributed by atoms with Crippen molar-refractivity contribution in [3.8, 4) is 17.3 Å². The number of hydrogen-bond donors (Lipinski definition) is 1. The summed E-state index contributed by atoms with van der Waals surface area (Å²) in [6.07, 6.45) is 0. The van der Waals surface area contributed by atoms with Gasteiger partial charge in [-0.25, -0.2) is 4.98 Å². The lowest BCUT2D eigenvalue weighted by molar-refractivity contribution is 0.590. The normalized spacial score (nSPS) is 11.0. The summed E-state index contributed by atoms with van der Waals surface area (Å²) in [6.45, 7) is 9.34. The third-order valence-electron chi connectivity index (χ3n) is 3.41. The molecule has 0 aliphatic heterocycles. The SMILES string of the molecule is CCNc1nc(-c2ccc(C(C)(C)C)cc2)ccc1C#N. The zero-order chi connectivity index (χ0) is 15.5. The maximum atomic E-state index is 9.10. The number of nitrogens with zero attached hydrogens (tertiary/aromatic N) is 2. The average Bonchev–Trinajstić information content (AvgIpc) is 2.47. The number of aromatic nitrogens is 1. The van der Waals surface area contributed by atoms with Gasteiger partial charge >= 0.3 is 0 Å². The fourth-order valence-corrected chi connectivity index (χ4v) is 2.15. The highest BCUT2D eigenvalue weighted by Gasteiger charge is 2.13. The van der Waals surface area contributed by atoms with Crippen molar-refractivity contribution in [1.29, 1.82) is 5.26 Å². The van der Waals surface area contributed by atoms with Crippen LogP contribution in [-0.2, 0) is 5.41 Å². The van der Waals surface area contributed by atoms with Crippen LogP contribution in [0.15, 0.2) is 36.4 Å². The maximum Gasteiger partial charge on any atom is 0.144 e. The van der Waals surface area contributed by atoms with Gasteiger partial charge < -0.3 is 5.32 Å². The number of benzene rings is 1. The Hall–Kier alpha value is -2.34. The third kappa shape index (κ3) is 3.41. The summed E-state index contributed by atoms with van der Waals surface area (Å²) in [6, 6.07) is 14.3. The topological polar surface area (TPSA) is 48.7 Å². The predicted octanol–water partition coefficient (Wildman–Crippen LogP) is 4.35. The molecule has 0 saturated carbocycles. The van der Waals surface area contributed by atoms with E-state index in [9.17, 15) is 0 Å². The van der Waals surface area contributed by atoms with Gasteiger partial charge in [-0.1, -0.05) is 45.0 Å². The molecule has 0 bridgehead atoms. The van der Waals surface area contributed by atoms with Crippen molar-refractivity contribution in [1.82, 2.24) is 4.98 Å². The fourth-order valence-electron chi connectivity index (χ4n) is 2.15. The lowest BCUT2D eigenvalue weighted by Gasteiger charge is -2.19. The van der Waals surface area contributed by atoms with Crippen LogP contribution in [0.3, 0.4) is 0 Å². The standard InChI is InChI=1S/C18H21N3/c1-5-20-17-14(12-19)8-11-16(21-17)13-6-9-15(10-7-13)18(2,3)4/h6-11H,5H2,1-4H3,(H,20,21). The van der Waals surface area contributed by atoms with Crippen molar-refractivity contribution in [2.45, 2.75) is 33.1 Å². The van der Waals surface area contributed by atoms with Crippen LogP contribution >= 0.6 is 0 Å². The first-order chi connectivity index (χ1) is 9.95. The van der Waals surface area contributed by atoms with Crippen molar-refractivity contribution in [2.75, 3.05) is 11.9 Å². The Morgan fingerprint density at radius 3 is 2.29 bits per heavy atom. The molecule has 1 heterocycles. The smallest absolute Gasteiger partial charge is 0.144 e. The Balaban J connectivity index is 2.38. The summed E-state index contributed by atoms with van der Waals surface area (Å²) in [5.41, 5.74) is 3.96. The Morgan fingerprint density at radius 1 is 1.10 bits per heavy atom. The lowest BCUT2D eigenvalue weighted by atomic mass is 9.86. The predicted molar refractivity (Wildman–Crippen MR) is 87.3 cm³/mol. The van der Waals surface area contributed by atoms with Gasteiger partial charge in [-0.2, -0.15) is 5.26 Å². The molecule has 0 atom stereocenters. The first-order valence-corrected chi connectivity index (χ1v) is 7.21. The first kappa shape index (κ1) is 15.1. The van der Waals surface area contributed by atoms with Crippen molar-refractivity contribution in [2.24, 2.45) is 0 Å². The molecule has 2 rings (SSSR count). The molecule has 108 valence electrons. The second-order valence-corrected chi connectivity index (χ2v) is 6.06. The minimum absolute atomic E-state index is 0.144. The second kappa shape index (κ2) is 5.97. The van der Waals surface area contributed by atoms with E-state index in [0.717, 1.165) is 17.8 Å². The zero-order valence-electron chi connectivity index (χ0n) is 13.1. The van der Waals surface area contributed by atoms with E-state index < -0.39 is 0 Å². The van der Waals surface area contributed by atoms with Gasteiger partial charge in [-0.3, -0.25) is 0 Å². The molecule has 1 aromatic heterocycles. The molecular weight excluding hydrogens is 258 g/mol. The van der Waals surface area contributed by atoms with Crippen molar-refractivity contribution < 1.29 is 0 Å². The Bertz CT molecular complexity index is 658. The number of pyridine rings is 1. The number of hydrogen-bond acceptors (Lipinski definition) is 3. The fraction of sp³-hybridized carbons (Fsp3) is 0.333. The van der Waals surface area contributed by atoms with Gasteiger partial charge in [0, 0.05) is 12.1 Å². The molecule has 0 amide bonds. The van der Waals surface area contributed by atoms with Gasteiger partial charge in [0.1, 0.15) is 11.9 Å². The summed E-state index contributed by atoms with van der Waals surface area (Å²) in [5, 5.41) is 12.2. The molecule has 0 saturated heterocycles. The molecule has 0 aliphatic rings. The zero-order valence-corrected chi connectivity index (χ0v) is 13.1. The van der Waals surface area contributed by atoms with E-state index >= 15 is 0 Å². The summed E-state index contributed by atoms with van der Waals surface area (Å²) >= 11 is 0. The van der Waals surface area contributed by atoms with Crippen LogP contribution in [-0.4, -0.2) is 11.5 Å². The molecule has 0 unspecified atom stereocenters. The average molecular weight is 279 g/mol. The van der Waals surface area contributed by atoms with E-state index in [1.165, 1.54) is 5.56 Å². The van der Waals surface area contributed by atoms with Crippen molar-refractivity contribution >= 4 is 5.82 Å². The molecule has 0 spiro atoms. The van der Waals surface area contributed by atoms with Crippen LogP contribution in [0.4, 0.5) is 5.82 Å². The number of rotatable bonds is 3.